The first-order valence-electron chi connectivity index (χ1n) is 6.91. The van der Waals surface area contributed by atoms with Crippen molar-refractivity contribution in [1.29, 1.82) is 0 Å². The van der Waals surface area contributed by atoms with Crippen LogP contribution in [0.15, 0.2) is 22.7 Å². The highest BCUT2D eigenvalue weighted by Crippen LogP contribution is 2.31. The van der Waals surface area contributed by atoms with Crippen LogP contribution in [0.5, 0.6) is 0 Å². The number of rotatable bonds is 4. The Morgan fingerprint density at radius 1 is 1.30 bits per heavy atom. The van der Waals surface area contributed by atoms with Crippen LogP contribution in [0.3, 0.4) is 0 Å². The van der Waals surface area contributed by atoms with E-state index in [4.69, 9.17) is 0 Å². The lowest BCUT2D eigenvalue weighted by atomic mass is 9.80. The Balaban J connectivity index is 1.96. The van der Waals surface area contributed by atoms with Gasteiger partial charge in [0.2, 0.25) is 0 Å². The number of alkyl halides is 1. The van der Waals surface area contributed by atoms with Crippen LogP contribution in [0.4, 0.5) is 4.39 Å². The van der Waals surface area contributed by atoms with Crippen molar-refractivity contribution in [2.24, 2.45) is 11.8 Å². The van der Waals surface area contributed by atoms with Crippen LogP contribution in [0, 0.1) is 17.7 Å². The zero-order valence-electron chi connectivity index (χ0n) is 11.2. The molecule has 0 bridgehead atoms. The fourth-order valence-electron chi connectivity index (χ4n) is 2.75. The Labute approximate surface area is 135 Å². The molecule has 1 aliphatic carbocycles. The lowest BCUT2D eigenvalue weighted by Crippen LogP contribution is -2.35. The van der Waals surface area contributed by atoms with E-state index in [-0.39, 0.29) is 5.91 Å². The summed E-state index contributed by atoms with van der Waals surface area (Å²) in [5, 5.41) is 3.93. The second-order valence-corrected chi connectivity index (χ2v) is 6.79. The standard InChI is InChI=1S/C15H18Br2FNO/c16-8-10-3-1-2-4-11(10)9-19-15(20)13-7-12(18)5-6-14(13)17/h5-7,10-11H,1-4,8-9H2,(H,19,20). The Morgan fingerprint density at radius 2 is 2.00 bits per heavy atom. The molecule has 1 aromatic carbocycles. The summed E-state index contributed by atoms with van der Waals surface area (Å²) in [6.45, 7) is 0.665. The first-order valence-corrected chi connectivity index (χ1v) is 8.82. The SMILES string of the molecule is O=C(NCC1CCCCC1CBr)c1cc(F)ccc1Br. The average Bonchev–Trinajstić information content (AvgIpc) is 2.47. The van der Waals surface area contributed by atoms with Gasteiger partial charge in [-0.1, -0.05) is 28.8 Å². The van der Waals surface area contributed by atoms with Crippen molar-refractivity contribution < 1.29 is 9.18 Å². The van der Waals surface area contributed by atoms with Gasteiger partial charge in [0.15, 0.2) is 0 Å². The van der Waals surface area contributed by atoms with Crippen molar-refractivity contribution in [3.8, 4) is 0 Å². The molecule has 2 unspecified atom stereocenters. The molecule has 0 radical (unpaired) electrons. The van der Waals surface area contributed by atoms with E-state index in [9.17, 15) is 9.18 Å². The molecule has 1 saturated carbocycles. The minimum Gasteiger partial charge on any atom is -0.352 e. The smallest absolute Gasteiger partial charge is 0.252 e. The van der Waals surface area contributed by atoms with E-state index in [0.29, 0.717) is 28.4 Å². The molecule has 1 aromatic rings. The summed E-state index contributed by atoms with van der Waals surface area (Å²) >= 11 is 6.84. The summed E-state index contributed by atoms with van der Waals surface area (Å²) in [5.74, 6) is 0.532. The second kappa shape index (κ2) is 7.55. The number of carbonyl (C=O) groups is 1. The Kier molecular flexibility index (Phi) is 6.02. The normalized spacial score (nSPS) is 22.6. The molecular weight excluding hydrogens is 389 g/mol. The lowest BCUT2D eigenvalue weighted by molar-refractivity contribution is 0.0935. The highest BCUT2D eigenvalue weighted by Gasteiger charge is 2.24. The van der Waals surface area contributed by atoms with Gasteiger partial charge in [0.05, 0.1) is 5.56 Å². The van der Waals surface area contributed by atoms with E-state index in [1.807, 2.05) is 0 Å². The van der Waals surface area contributed by atoms with E-state index in [2.05, 4.69) is 37.2 Å². The molecule has 110 valence electrons. The van der Waals surface area contributed by atoms with Crippen molar-refractivity contribution >= 4 is 37.8 Å². The van der Waals surface area contributed by atoms with E-state index in [1.54, 1.807) is 6.07 Å². The molecule has 1 N–H and O–H groups in total. The van der Waals surface area contributed by atoms with E-state index in [0.717, 1.165) is 11.8 Å². The molecule has 0 saturated heterocycles. The van der Waals surface area contributed by atoms with Gasteiger partial charge in [0.25, 0.3) is 5.91 Å². The molecule has 5 heteroatoms. The van der Waals surface area contributed by atoms with Crippen molar-refractivity contribution in [3.63, 3.8) is 0 Å². The maximum atomic E-state index is 13.2. The van der Waals surface area contributed by atoms with Gasteiger partial charge in [-0.2, -0.15) is 0 Å². The van der Waals surface area contributed by atoms with Crippen molar-refractivity contribution in [2.75, 3.05) is 11.9 Å². The summed E-state index contributed by atoms with van der Waals surface area (Å²) in [7, 11) is 0. The van der Waals surface area contributed by atoms with Crippen LogP contribution < -0.4 is 5.32 Å². The highest BCUT2D eigenvalue weighted by atomic mass is 79.9. The first-order chi connectivity index (χ1) is 9.61. The van der Waals surface area contributed by atoms with E-state index < -0.39 is 5.82 Å². The number of carbonyl (C=O) groups excluding carboxylic acids is 1. The Bertz CT molecular complexity index is 481. The van der Waals surface area contributed by atoms with Crippen LogP contribution in [0.1, 0.15) is 36.0 Å². The predicted octanol–water partition coefficient (Wildman–Crippen LogP) is 4.52. The zero-order valence-corrected chi connectivity index (χ0v) is 14.3. The van der Waals surface area contributed by atoms with E-state index >= 15 is 0 Å². The van der Waals surface area contributed by atoms with Gasteiger partial charge in [-0.05, 0) is 58.8 Å². The average molecular weight is 407 g/mol. The molecule has 0 heterocycles. The summed E-state index contributed by atoms with van der Waals surface area (Å²) in [4.78, 5) is 12.1. The Hall–Kier alpha value is -0.420. The quantitative estimate of drug-likeness (QED) is 0.731. The van der Waals surface area contributed by atoms with Crippen LogP contribution in [-0.2, 0) is 0 Å². The van der Waals surface area contributed by atoms with E-state index in [1.165, 1.54) is 31.4 Å². The first kappa shape index (κ1) is 16.0. The molecule has 2 atom stereocenters. The van der Waals surface area contributed by atoms with Crippen LogP contribution in [0.2, 0.25) is 0 Å². The van der Waals surface area contributed by atoms with Gasteiger partial charge in [0.1, 0.15) is 5.82 Å². The van der Waals surface area contributed by atoms with Crippen LogP contribution in [0.25, 0.3) is 0 Å². The fraction of sp³-hybridized carbons (Fsp3) is 0.533. The van der Waals surface area contributed by atoms with Gasteiger partial charge in [-0.15, -0.1) is 0 Å². The summed E-state index contributed by atoms with van der Waals surface area (Å²) in [6.07, 6.45) is 4.88. The number of benzene rings is 1. The maximum absolute atomic E-state index is 13.2. The third-order valence-corrected chi connectivity index (χ3v) is 5.49. The number of amides is 1. The fourth-order valence-corrected chi connectivity index (χ4v) is 4.03. The van der Waals surface area contributed by atoms with Gasteiger partial charge in [-0.3, -0.25) is 4.79 Å². The largest absolute Gasteiger partial charge is 0.352 e. The summed E-state index contributed by atoms with van der Waals surface area (Å²) in [6, 6.07) is 4.16. The molecule has 0 spiro atoms. The Morgan fingerprint density at radius 3 is 2.70 bits per heavy atom. The van der Waals surface area contributed by atoms with Crippen molar-refractivity contribution in [1.82, 2.24) is 5.32 Å². The maximum Gasteiger partial charge on any atom is 0.252 e. The third-order valence-electron chi connectivity index (χ3n) is 3.96. The number of hydrogen-bond acceptors (Lipinski definition) is 1. The molecule has 1 aliphatic rings. The molecular formula is C15H18Br2FNO. The van der Waals surface area contributed by atoms with Crippen LogP contribution >= 0.6 is 31.9 Å². The number of nitrogens with one attached hydrogen (secondary N) is 1. The monoisotopic (exact) mass is 405 g/mol. The van der Waals surface area contributed by atoms with Crippen molar-refractivity contribution in [2.45, 2.75) is 25.7 Å². The lowest BCUT2D eigenvalue weighted by Gasteiger charge is -2.30. The topological polar surface area (TPSA) is 29.1 Å². The minimum absolute atomic E-state index is 0.213. The molecule has 2 rings (SSSR count). The predicted molar refractivity (Wildman–Crippen MR) is 85.7 cm³/mol. The molecule has 20 heavy (non-hydrogen) atoms. The summed E-state index contributed by atoms with van der Waals surface area (Å²) < 4.78 is 13.8. The molecule has 0 aliphatic heterocycles. The number of halogens is 3. The third kappa shape index (κ3) is 4.04. The molecule has 0 aromatic heterocycles. The van der Waals surface area contributed by atoms with Gasteiger partial charge >= 0.3 is 0 Å². The number of hydrogen-bond donors (Lipinski definition) is 1. The van der Waals surface area contributed by atoms with Gasteiger partial charge < -0.3 is 5.32 Å². The molecule has 1 fully saturated rings. The van der Waals surface area contributed by atoms with Crippen molar-refractivity contribution in [3.05, 3.63) is 34.1 Å². The zero-order chi connectivity index (χ0) is 14.5. The molecule has 1 amide bonds. The minimum atomic E-state index is -0.394. The van der Waals surface area contributed by atoms with Gasteiger partial charge in [-0.25, -0.2) is 4.39 Å². The molecule has 2 nitrogen and oxygen atoms in total. The highest BCUT2D eigenvalue weighted by molar-refractivity contribution is 9.10. The van der Waals surface area contributed by atoms with Crippen LogP contribution in [-0.4, -0.2) is 17.8 Å². The second-order valence-electron chi connectivity index (χ2n) is 5.29. The summed E-state index contributed by atoms with van der Waals surface area (Å²) in [5.41, 5.74) is 0.358. The van der Waals surface area contributed by atoms with Gasteiger partial charge in [0, 0.05) is 16.3 Å².